The number of aliphatic hydroxyl groups is 1. The Hall–Kier alpha value is 0.650. The fourth-order valence-corrected chi connectivity index (χ4v) is 0.933. The molecule has 1 N–H and O–H groups in total. The molecule has 0 aliphatic heterocycles. The standard InChI is InChI=1S/C6H13IO2/c7-9-6-4-2-1-3-5-8/h8H,1-6H2. The van der Waals surface area contributed by atoms with Crippen molar-refractivity contribution in [3.63, 3.8) is 0 Å². The van der Waals surface area contributed by atoms with Crippen molar-refractivity contribution in [1.82, 2.24) is 0 Å². The fraction of sp³-hybridized carbons (Fsp3) is 1.00. The summed E-state index contributed by atoms with van der Waals surface area (Å²) < 4.78 is 4.83. The maximum absolute atomic E-state index is 8.39. The highest BCUT2D eigenvalue weighted by Gasteiger charge is 1.87. The molecule has 0 aromatic heterocycles. The summed E-state index contributed by atoms with van der Waals surface area (Å²) in [7, 11) is 0. The molecule has 0 unspecified atom stereocenters. The molecule has 0 aromatic rings. The molecule has 0 aliphatic rings. The van der Waals surface area contributed by atoms with E-state index in [1.165, 1.54) is 6.42 Å². The first kappa shape index (κ1) is 9.65. The molecule has 9 heavy (non-hydrogen) atoms. The summed E-state index contributed by atoms with van der Waals surface area (Å²) in [6, 6.07) is 0. The first-order valence-corrected chi connectivity index (χ1v) is 4.14. The van der Waals surface area contributed by atoms with Gasteiger partial charge in [-0.2, -0.15) is 0 Å². The van der Waals surface area contributed by atoms with Crippen molar-refractivity contribution in [2.75, 3.05) is 13.2 Å². The third-order valence-electron chi connectivity index (χ3n) is 1.13. The predicted molar refractivity (Wildman–Crippen MR) is 45.5 cm³/mol. The van der Waals surface area contributed by atoms with Crippen LogP contribution >= 0.6 is 23.0 Å². The van der Waals surface area contributed by atoms with E-state index in [0.717, 1.165) is 25.9 Å². The molecule has 0 spiro atoms. The first-order chi connectivity index (χ1) is 4.41. The van der Waals surface area contributed by atoms with Gasteiger partial charge in [0, 0.05) is 6.61 Å². The molecule has 0 saturated carbocycles. The molecule has 56 valence electrons. The summed E-state index contributed by atoms with van der Waals surface area (Å²) in [5.41, 5.74) is 0. The highest BCUT2D eigenvalue weighted by molar-refractivity contribution is 14.1. The van der Waals surface area contributed by atoms with E-state index in [9.17, 15) is 0 Å². The number of hydrogen-bond donors (Lipinski definition) is 1. The molecular formula is C6H13IO2. The number of halogens is 1. The van der Waals surface area contributed by atoms with Gasteiger partial charge in [-0.05, 0) is 12.8 Å². The molecule has 0 amide bonds. The van der Waals surface area contributed by atoms with Crippen LogP contribution in [0.15, 0.2) is 0 Å². The number of aliphatic hydroxyl groups excluding tert-OH is 1. The zero-order chi connectivity index (χ0) is 6.95. The van der Waals surface area contributed by atoms with Gasteiger partial charge in [0.1, 0.15) is 23.0 Å². The van der Waals surface area contributed by atoms with Crippen LogP contribution in [0.2, 0.25) is 0 Å². The topological polar surface area (TPSA) is 29.5 Å². The van der Waals surface area contributed by atoms with Crippen LogP contribution in [-0.4, -0.2) is 18.3 Å². The smallest absolute Gasteiger partial charge is 0.109 e. The van der Waals surface area contributed by atoms with Gasteiger partial charge in [0.05, 0.1) is 6.61 Å². The Morgan fingerprint density at radius 1 is 1.11 bits per heavy atom. The lowest BCUT2D eigenvalue weighted by Crippen LogP contribution is -1.86. The average Bonchev–Trinajstić information content (AvgIpc) is 1.89. The van der Waals surface area contributed by atoms with Crippen LogP contribution in [0.4, 0.5) is 0 Å². The summed E-state index contributed by atoms with van der Waals surface area (Å²) in [5, 5.41) is 8.39. The Morgan fingerprint density at radius 2 is 1.78 bits per heavy atom. The lowest BCUT2D eigenvalue weighted by atomic mass is 10.2. The van der Waals surface area contributed by atoms with E-state index in [-0.39, 0.29) is 0 Å². The van der Waals surface area contributed by atoms with Gasteiger partial charge in [-0.3, -0.25) is 0 Å². The van der Waals surface area contributed by atoms with E-state index >= 15 is 0 Å². The normalized spacial score (nSPS) is 10.0. The second kappa shape index (κ2) is 8.65. The van der Waals surface area contributed by atoms with E-state index in [1.54, 1.807) is 0 Å². The van der Waals surface area contributed by atoms with Gasteiger partial charge in [0.2, 0.25) is 0 Å². The van der Waals surface area contributed by atoms with Crippen molar-refractivity contribution >= 4 is 23.0 Å². The number of hydrogen-bond acceptors (Lipinski definition) is 2. The Labute approximate surface area is 70.3 Å². The van der Waals surface area contributed by atoms with Crippen LogP contribution in [0.25, 0.3) is 0 Å². The van der Waals surface area contributed by atoms with Crippen LogP contribution in [-0.2, 0) is 3.07 Å². The van der Waals surface area contributed by atoms with Crippen molar-refractivity contribution in [2.24, 2.45) is 0 Å². The highest BCUT2D eigenvalue weighted by atomic mass is 127. The molecule has 0 saturated heterocycles. The minimum atomic E-state index is 0.324. The van der Waals surface area contributed by atoms with Gasteiger partial charge < -0.3 is 8.17 Å². The van der Waals surface area contributed by atoms with E-state index in [4.69, 9.17) is 8.17 Å². The predicted octanol–water partition coefficient (Wildman–Crippen LogP) is 1.91. The van der Waals surface area contributed by atoms with Gasteiger partial charge in [-0.1, -0.05) is 12.8 Å². The van der Waals surface area contributed by atoms with Crippen LogP contribution in [0.3, 0.4) is 0 Å². The lowest BCUT2D eigenvalue weighted by Gasteiger charge is -1.95. The zero-order valence-electron chi connectivity index (χ0n) is 5.48. The van der Waals surface area contributed by atoms with Crippen LogP contribution in [0.5, 0.6) is 0 Å². The summed E-state index contributed by atoms with van der Waals surface area (Å²) in [6.07, 6.45) is 4.34. The minimum absolute atomic E-state index is 0.324. The first-order valence-electron chi connectivity index (χ1n) is 3.26. The molecule has 0 radical (unpaired) electrons. The molecule has 3 heteroatoms. The molecule has 0 aliphatic carbocycles. The maximum Gasteiger partial charge on any atom is 0.109 e. The number of unbranched alkanes of at least 4 members (excludes halogenated alkanes) is 3. The van der Waals surface area contributed by atoms with Gasteiger partial charge >= 0.3 is 0 Å². The van der Waals surface area contributed by atoms with Crippen molar-refractivity contribution < 1.29 is 8.17 Å². The van der Waals surface area contributed by atoms with Crippen LogP contribution in [0.1, 0.15) is 25.7 Å². The van der Waals surface area contributed by atoms with Crippen molar-refractivity contribution in [1.29, 1.82) is 0 Å². The van der Waals surface area contributed by atoms with Gasteiger partial charge in [-0.25, -0.2) is 0 Å². The summed E-state index contributed by atoms with van der Waals surface area (Å²) in [4.78, 5) is 0. The van der Waals surface area contributed by atoms with Crippen molar-refractivity contribution in [3.8, 4) is 0 Å². The van der Waals surface area contributed by atoms with Gasteiger partial charge in [0.25, 0.3) is 0 Å². The summed E-state index contributed by atoms with van der Waals surface area (Å²) >= 11 is 1.90. The highest BCUT2D eigenvalue weighted by Crippen LogP contribution is 2.00. The fourth-order valence-electron chi connectivity index (χ4n) is 0.622. The Bertz CT molecular complexity index is 44.3. The third-order valence-corrected chi connectivity index (χ3v) is 1.57. The second-order valence-electron chi connectivity index (χ2n) is 1.95. The second-order valence-corrected chi connectivity index (χ2v) is 2.57. The molecule has 0 atom stereocenters. The summed E-state index contributed by atoms with van der Waals surface area (Å²) in [5.74, 6) is 0. The largest absolute Gasteiger partial charge is 0.396 e. The van der Waals surface area contributed by atoms with Crippen molar-refractivity contribution in [3.05, 3.63) is 0 Å². The monoisotopic (exact) mass is 244 g/mol. The molecular weight excluding hydrogens is 231 g/mol. The zero-order valence-corrected chi connectivity index (χ0v) is 7.63. The van der Waals surface area contributed by atoms with E-state index in [2.05, 4.69) is 0 Å². The molecule has 0 fully saturated rings. The van der Waals surface area contributed by atoms with E-state index < -0.39 is 0 Å². The Morgan fingerprint density at radius 3 is 2.33 bits per heavy atom. The molecule has 0 rings (SSSR count). The van der Waals surface area contributed by atoms with Gasteiger partial charge in [0.15, 0.2) is 0 Å². The number of rotatable bonds is 6. The Balaban J connectivity index is 2.60. The van der Waals surface area contributed by atoms with E-state index in [1.807, 2.05) is 23.0 Å². The molecule has 2 nitrogen and oxygen atoms in total. The third kappa shape index (κ3) is 8.65. The SMILES string of the molecule is OCCCCCCOI. The van der Waals surface area contributed by atoms with Crippen molar-refractivity contribution in [2.45, 2.75) is 25.7 Å². The molecule has 0 heterocycles. The maximum atomic E-state index is 8.39. The quantitative estimate of drug-likeness (QED) is 0.571. The lowest BCUT2D eigenvalue weighted by molar-refractivity contribution is 0.280. The average molecular weight is 244 g/mol. The summed E-state index contributed by atoms with van der Waals surface area (Å²) in [6.45, 7) is 1.16. The molecule has 0 aromatic carbocycles. The minimum Gasteiger partial charge on any atom is -0.396 e. The van der Waals surface area contributed by atoms with E-state index in [0.29, 0.717) is 6.61 Å². The van der Waals surface area contributed by atoms with Crippen LogP contribution < -0.4 is 0 Å². The Kier molecular flexibility index (Phi) is 9.27. The molecule has 0 bridgehead atoms. The van der Waals surface area contributed by atoms with Crippen LogP contribution in [0, 0.1) is 0 Å². The van der Waals surface area contributed by atoms with Gasteiger partial charge in [-0.15, -0.1) is 0 Å².